The second-order valence-corrected chi connectivity index (χ2v) is 10.8. The van der Waals surface area contributed by atoms with Gasteiger partial charge in [-0.05, 0) is 36.8 Å². The minimum atomic E-state index is -5.22. The summed E-state index contributed by atoms with van der Waals surface area (Å²) >= 11 is 12.5. The van der Waals surface area contributed by atoms with Crippen molar-refractivity contribution in [3.8, 4) is 0 Å². The zero-order valence-corrected chi connectivity index (χ0v) is 20.7. The summed E-state index contributed by atoms with van der Waals surface area (Å²) in [5.41, 5.74) is -6.06. The van der Waals surface area contributed by atoms with Crippen LogP contribution in [0.4, 0.5) is 37.7 Å². The molecule has 2 aromatic carbocycles. The van der Waals surface area contributed by atoms with Crippen LogP contribution in [0.5, 0.6) is 0 Å². The average Bonchev–Trinajstić information content (AvgIpc) is 3.48. The number of hydrogen-bond donors (Lipinski definition) is 2. The number of aliphatic hydroxyl groups is 1. The lowest BCUT2D eigenvalue weighted by molar-refractivity contribution is -0.143. The normalized spacial score (nSPS) is 30.3. The molecule has 0 aliphatic carbocycles. The number of imide groups is 1. The first kappa shape index (κ1) is 26.4. The van der Waals surface area contributed by atoms with Gasteiger partial charge < -0.3 is 10.4 Å². The van der Waals surface area contributed by atoms with Crippen LogP contribution in [0, 0.1) is 11.8 Å². The monoisotopic (exact) mass is 593 g/mol. The van der Waals surface area contributed by atoms with E-state index >= 15 is 0 Å². The molecular weight excluding hydrogens is 579 g/mol. The smallest absolute Gasteiger partial charge is 0.392 e. The Kier molecular flexibility index (Phi) is 5.47. The number of nitrogens with zero attached hydrogens (tertiary/aromatic N) is 2. The Morgan fingerprint density at radius 2 is 1.54 bits per heavy atom. The van der Waals surface area contributed by atoms with Gasteiger partial charge >= 0.3 is 12.4 Å². The van der Waals surface area contributed by atoms with Crippen LogP contribution in [0.25, 0.3) is 0 Å². The van der Waals surface area contributed by atoms with E-state index < -0.39 is 76.4 Å². The fourth-order valence-electron chi connectivity index (χ4n) is 6.53. The Bertz CT molecular complexity index is 1450. The van der Waals surface area contributed by atoms with Gasteiger partial charge in [0.05, 0.1) is 45.5 Å². The highest BCUT2D eigenvalue weighted by atomic mass is 35.5. The van der Waals surface area contributed by atoms with Gasteiger partial charge in [0.1, 0.15) is 5.54 Å². The van der Waals surface area contributed by atoms with Gasteiger partial charge in [-0.1, -0.05) is 23.2 Å². The standard InChI is InChI=1S/C24H15Cl2F6N3O4/c25-10-4-13-18(14(26)5-10)33-21(39)22(13)17-16(15-6-12(36)7-34(15)22)19(37)35(20(17)38)11-2-8(23(27,28)29)1-9(3-11)24(30,31)32/h1-5,12,15-17,36H,6-7H2,(H,33,39)/t12-,15?,16?,17?,22?/m0/s1. The number of anilines is 2. The molecule has 2 aromatic rings. The molecule has 0 bridgehead atoms. The Morgan fingerprint density at radius 3 is 2.13 bits per heavy atom. The fourth-order valence-corrected chi connectivity index (χ4v) is 7.07. The lowest BCUT2D eigenvalue weighted by Crippen LogP contribution is -2.54. The van der Waals surface area contributed by atoms with Crippen molar-refractivity contribution in [3.63, 3.8) is 0 Å². The van der Waals surface area contributed by atoms with E-state index in [0.717, 1.165) is 0 Å². The molecule has 4 unspecified atom stereocenters. The van der Waals surface area contributed by atoms with E-state index in [1.165, 1.54) is 17.0 Å². The highest BCUT2D eigenvalue weighted by molar-refractivity contribution is 6.38. The third kappa shape index (κ3) is 3.49. The van der Waals surface area contributed by atoms with Gasteiger partial charge in [0, 0.05) is 23.2 Å². The van der Waals surface area contributed by atoms with Crippen LogP contribution in [0.2, 0.25) is 10.0 Å². The van der Waals surface area contributed by atoms with Crippen LogP contribution in [0.1, 0.15) is 23.1 Å². The minimum Gasteiger partial charge on any atom is -0.392 e. The van der Waals surface area contributed by atoms with Gasteiger partial charge in [0.15, 0.2) is 0 Å². The summed E-state index contributed by atoms with van der Waals surface area (Å²) in [7, 11) is 0. The van der Waals surface area contributed by atoms with Crippen molar-refractivity contribution in [3.05, 3.63) is 57.1 Å². The molecule has 4 heterocycles. The number of halogens is 8. The first-order chi connectivity index (χ1) is 18.1. The second kappa shape index (κ2) is 8.09. The summed E-state index contributed by atoms with van der Waals surface area (Å²) in [5.74, 6) is -5.90. The topological polar surface area (TPSA) is 90.0 Å². The summed E-state index contributed by atoms with van der Waals surface area (Å²) in [5, 5.41) is 13.1. The number of benzene rings is 2. The summed E-state index contributed by atoms with van der Waals surface area (Å²) in [6.07, 6.45) is -11.5. The predicted octanol–water partition coefficient (Wildman–Crippen LogP) is 4.43. The second-order valence-electron chi connectivity index (χ2n) is 9.92. The van der Waals surface area contributed by atoms with E-state index in [1.807, 2.05) is 0 Å². The Balaban J connectivity index is 1.56. The van der Waals surface area contributed by atoms with Gasteiger partial charge in [-0.3, -0.25) is 19.3 Å². The molecule has 39 heavy (non-hydrogen) atoms. The highest BCUT2D eigenvalue weighted by Gasteiger charge is 2.75. The number of fused-ring (bicyclic) bond motifs is 7. The molecule has 3 saturated heterocycles. The maximum atomic E-state index is 13.9. The van der Waals surface area contributed by atoms with Crippen molar-refractivity contribution in [2.75, 3.05) is 16.8 Å². The number of hydrogen-bond acceptors (Lipinski definition) is 5. The lowest BCUT2D eigenvalue weighted by Gasteiger charge is -2.36. The van der Waals surface area contributed by atoms with Gasteiger partial charge in [0.25, 0.3) is 5.91 Å². The van der Waals surface area contributed by atoms with Crippen molar-refractivity contribution < 1.29 is 45.8 Å². The molecular formula is C24H15Cl2F6N3O4. The van der Waals surface area contributed by atoms with Gasteiger partial charge in [-0.25, -0.2) is 4.90 Å². The molecule has 7 nitrogen and oxygen atoms in total. The van der Waals surface area contributed by atoms with Gasteiger partial charge in [0.2, 0.25) is 11.8 Å². The molecule has 4 aliphatic rings. The Labute approximate surface area is 225 Å². The number of nitrogens with one attached hydrogen (secondary N) is 1. The highest BCUT2D eigenvalue weighted by Crippen LogP contribution is 2.62. The van der Waals surface area contributed by atoms with E-state index in [1.54, 1.807) is 0 Å². The number of aliphatic hydroxyl groups excluding tert-OH is 1. The number of carbonyl (C=O) groups is 3. The van der Waals surface area contributed by atoms with Crippen LogP contribution >= 0.6 is 23.2 Å². The molecule has 206 valence electrons. The Morgan fingerprint density at radius 1 is 0.923 bits per heavy atom. The molecule has 3 fully saturated rings. The summed E-state index contributed by atoms with van der Waals surface area (Å²) < 4.78 is 81.2. The zero-order valence-electron chi connectivity index (χ0n) is 19.2. The van der Waals surface area contributed by atoms with Crippen molar-refractivity contribution in [2.45, 2.75) is 36.5 Å². The van der Waals surface area contributed by atoms with Crippen LogP contribution in [0.15, 0.2) is 30.3 Å². The molecule has 2 N–H and O–H groups in total. The number of rotatable bonds is 1. The van der Waals surface area contributed by atoms with Crippen molar-refractivity contribution in [1.29, 1.82) is 0 Å². The van der Waals surface area contributed by atoms with Crippen molar-refractivity contribution in [1.82, 2.24) is 4.90 Å². The van der Waals surface area contributed by atoms with Gasteiger partial charge in [-0.2, -0.15) is 26.3 Å². The molecule has 0 radical (unpaired) electrons. The minimum absolute atomic E-state index is 0.0174. The predicted molar refractivity (Wildman–Crippen MR) is 124 cm³/mol. The van der Waals surface area contributed by atoms with Crippen LogP contribution < -0.4 is 10.2 Å². The number of alkyl halides is 6. The molecule has 5 atom stereocenters. The van der Waals surface area contributed by atoms with Gasteiger partial charge in [-0.15, -0.1) is 0 Å². The quantitative estimate of drug-likeness (QED) is 0.377. The van der Waals surface area contributed by atoms with Crippen LogP contribution in [-0.4, -0.2) is 46.4 Å². The van der Waals surface area contributed by atoms with E-state index in [4.69, 9.17) is 23.2 Å². The molecule has 0 aromatic heterocycles. The molecule has 4 aliphatic heterocycles. The molecule has 1 spiro atoms. The molecule has 15 heteroatoms. The Hall–Kier alpha value is -2.87. The summed E-state index contributed by atoms with van der Waals surface area (Å²) in [6.45, 7) is -0.128. The molecule has 6 rings (SSSR count). The fraction of sp³-hybridized carbons (Fsp3) is 0.375. The number of amides is 3. The van der Waals surface area contributed by atoms with E-state index in [0.29, 0.717) is 0 Å². The van der Waals surface area contributed by atoms with Crippen LogP contribution in [-0.2, 0) is 32.3 Å². The maximum Gasteiger partial charge on any atom is 0.416 e. The summed E-state index contributed by atoms with van der Waals surface area (Å²) in [6, 6.07) is 2.23. The SMILES string of the molecule is O=C1C2C3C[C@H](O)CN3C3(C(=O)Nc4c(Cl)cc(Cl)cc43)C2C(=O)N1c1cc(C(F)(F)F)cc(C(F)(F)F)c1. The van der Waals surface area contributed by atoms with Crippen LogP contribution in [0.3, 0.4) is 0 Å². The number of carbonyl (C=O) groups excluding carboxylic acids is 3. The zero-order chi connectivity index (χ0) is 28.4. The van der Waals surface area contributed by atoms with E-state index in [9.17, 15) is 45.8 Å². The third-order valence-electron chi connectivity index (χ3n) is 7.87. The summed E-state index contributed by atoms with van der Waals surface area (Å²) in [4.78, 5) is 43.1. The third-order valence-corrected chi connectivity index (χ3v) is 8.39. The van der Waals surface area contributed by atoms with Crippen molar-refractivity contribution >= 4 is 52.3 Å². The first-order valence-corrected chi connectivity index (χ1v) is 12.3. The van der Waals surface area contributed by atoms with E-state index in [-0.39, 0.29) is 57.4 Å². The molecule has 0 saturated carbocycles. The van der Waals surface area contributed by atoms with Crippen molar-refractivity contribution in [2.24, 2.45) is 11.8 Å². The molecule has 3 amide bonds. The largest absolute Gasteiger partial charge is 0.416 e. The average molecular weight is 594 g/mol. The van der Waals surface area contributed by atoms with E-state index in [2.05, 4.69) is 5.32 Å². The first-order valence-electron chi connectivity index (χ1n) is 11.5. The maximum absolute atomic E-state index is 13.9. The lowest BCUT2D eigenvalue weighted by atomic mass is 9.75.